The Morgan fingerprint density at radius 2 is 2.17 bits per heavy atom. The number of anilines is 1. The second kappa shape index (κ2) is 6.58. The molecule has 6 heteroatoms. The lowest BCUT2D eigenvalue weighted by Gasteiger charge is -2.19. The summed E-state index contributed by atoms with van der Waals surface area (Å²) < 4.78 is 5.22. The number of hydrogen-bond donors (Lipinski definition) is 1. The van der Waals surface area contributed by atoms with Crippen LogP contribution in [0.1, 0.15) is 27.7 Å². The average molecular weight is 269 g/mol. The van der Waals surface area contributed by atoms with E-state index in [2.05, 4.69) is 15.3 Å². The molecule has 0 spiro atoms. The lowest BCUT2D eigenvalue weighted by molar-refractivity contribution is -0.151. The number of hydrogen-bond acceptors (Lipinski definition) is 6. The molecule has 0 aliphatic rings. The Morgan fingerprint density at radius 1 is 1.44 bits per heavy atom. The molecule has 1 aromatic heterocycles. The van der Waals surface area contributed by atoms with Crippen molar-refractivity contribution in [1.82, 2.24) is 9.97 Å². The van der Waals surface area contributed by atoms with Crippen LogP contribution in [0.3, 0.4) is 0 Å². The third-order valence-electron chi connectivity index (χ3n) is 1.76. The molecule has 0 saturated carbocycles. The van der Waals surface area contributed by atoms with Crippen LogP contribution in [-0.4, -0.2) is 33.8 Å². The van der Waals surface area contributed by atoms with E-state index >= 15 is 0 Å². The largest absolute Gasteiger partial charge is 0.459 e. The number of aromatic nitrogens is 2. The third-order valence-corrected chi connectivity index (χ3v) is 2.66. The summed E-state index contributed by atoms with van der Waals surface area (Å²) in [4.78, 5) is 19.7. The zero-order valence-electron chi connectivity index (χ0n) is 11.2. The van der Waals surface area contributed by atoms with Gasteiger partial charge in [-0.25, -0.2) is 9.97 Å². The number of nitrogens with zero attached hydrogens (tertiary/aromatic N) is 2. The normalized spacial score (nSPS) is 11.1. The van der Waals surface area contributed by atoms with E-state index in [1.165, 1.54) is 18.1 Å². The molecule has 0 aromatic carbocycles. The number of carbonyl (C=O) groups is 1. The van der Waals surface area contributed by atoms with E-state index in [9.17, 15) is 4.79 Å². The van der Waals surface area contributed by atoms with Crippen molar-refractivity contribution < 1.29 is 9.53 Å². The van der Waals surface area contributed by atoms with Gasteiger partial charge >= 0.3 is 5.97 Å². The molecule has 0 radical (unpaired) electrons. The molecule has 0 amide bonds. The summed E-state index contributed by atoms with van der Waals surface area (Å²) in [6.45, 7) is 8.35. The van der Waals surface area contributed by atoms with E-state index in [1.54, 1.807) is 0 Å². The Kier molecular flexibility index (Phi) is 5.40. The zero-order chi connectivity index (χ0) is 13.6. The second-order valence-corrected chi connectivity index (χ2v) is 5.64. The second-order valence-electron chi connectivity index (χ2n) is 4.65. The predicted molar refractivity (Wildman–Crippen MR) is 72.8 cm³/mol. The van der Waals surface area contributed by atoms with Gasteiger partial charge in [-0.2, -0.15) is 0 Å². The average Bonchev–Trinajstić information content (AvgIpc) is 2.25. The number of esters is 1. The Morgan fingerprint density at radius 3 is 2.78 bits per heavy atom. The topological polar surface area (TPSA) is 64.1 Å². The highest BCUT2D eigenvalue weighted by atomic mass is 32.2. The van der Waals surface area contributed by atoms with Crippen LogP contribution < -0.4 is 5.32 Å². The molecule has 0 aliphatic carbocycles. The van der Waals surface area contributed by atoms with Crippen molar-refractivity contribution in [2.45, 2.75) is 38.3 Å². The molecule has 100 valence electrons. The van der Waals surface area contributed by atoms with Crippen molar-refractivity contribution >= 4 is 23.5 Å². The molecule has 0 saturated heterocycles. The summed E-state index contributed by atoms with van der Waals surface area (Å²) in [5.41, 5.74) is -0.446. The number of thioether (sulfide) groups is 1. The van der Waals surface area contributed by atoms with Gasteiger partial charge in [-0.05, 0) is 27.7 Å². The molecule has 0 unspecified atom stereocenters. The van der Waals surface area contributed by atoms with E-state index in [0.29, 0.717) is 0 Å². The van der Waals surface area contributed by atoms with Gasteiger partial charge < -0.3 is 10.1 Å². The van der Waals surface area contributed by atoms with Gasteiger partial charge in [0.1, 0.15) is 22.8 Å². The van der Waals surface area contributed by atoms with E-state index in [0.717, 1.165) is 17.4 Å². The first kappa shape index (κ1) is 14.8. The lowest BCUT2D eigenvalue weighted by Crippen LogP contribution is -2.24. The fourth-order valence-electron chi connectivity index (χ4n) is 1.20. The number of ether oxygens (including phenoxy) is 1. The first-order valence-corrected chi connectivity index (χ1v) is 6.80. The minimum atomic E-state index is -0.446. The minimum Gasteiger partial charge on any atom is -0.459 e. The molecule has 0 bridgehead atoms. The monoisotopic (exact) mass is 269 g/mol. The number of nitrogens with one attached hydrogen (secondary N) is 1. The first-order chi connectivity index (χ1) is 8.40. The maximum Gasteiger partial charge on any atom is 0.316 e. The highest BCUT2D eigenvalue weighted by Crippen LogP contribution is 2.18. The smallest absolute Gasteiger partial charge is 0.316 e. The molecule has 18 heavy (non-hydrogen) atoms. The van der Waals surface area contributed by atoms with E-state index in [1.807, 2.05) is 33.8 Å². The van der Waals surface area contributed by atoms with Crippen LogP contribution >= 0.6 is 11.8 Å². The van der Waals surface area contributed by atoms with Gasteiger partial charge in [0.25, 0.3) is 0 Å². The summed E-state index contributed by atoms with van der Waals surface area (Å²) in [5.74, 6) is 0.773. The quantitative estimate of drug-likeness (QED) is 0.503. The Labute approximate surface area is 112 Å². The minimum absolute atomic E-state index is 0.240. The molecular formula is C12H19N3O2S. The van der Waals surface area contributed by atoms with Crippen LogP contribution in [-0.2, 0) is 9.53 Å². The Hall–Kier alpha value is -1.30. The molecular weight excluding hydrogens is 250 g/mol. The maximum atomic E-state index is 11.5. The molecule has 0 fully saturated rings. The first-order valence-electron chi connectivity index (χ1n) is 5.81. The fourth-order valence-corrected chi connectivity index (χ4v) is 1.84. The standard InChI is InChI=1S/C12H19N3O2S/c1-5-13-9-6-10(15-8-14-9)18-7-11(16)17-12(2,3)4/h6,8H,5,7H2,1-4H3,(H,13,14,15). The molecule has 0 aliphatic heterocycles. The number of rotatable bonds is 5. The molecule has 1 aromatic rings. The molecule has 1 heterocycles. The van der Waals surface area contributed by atoms with E-state index in [-0.39, 0.29) is 11.7 Å². The van der Waals surface area contributed by atoms with Gasteiger partial charge in [0.05, 0.1) is 5.75 Å². The zero-order valence-corrected chi connectivity index (χ0v) is 12.0. The van der Waals surface area contributed by atoms with Gasteiger partial charge in [0, 0.05) is 12.6 Å². The van der Waals surface area contributed by atoms with Crippen LogP contribution in [0.25, 0.3) is 0 Å². The summed E-state index contributed by atoms with van der Waals surface area (Å²) in [7, 11) is 0. The van der Waals surface area contributed by atoms with Gasteiger partial charge in [0.15, 0.2) is 0 Å². The van der Waals surface area contributed by atoms with Crippen molar-refractivity contribution in [3.63, 3.8) is 0 Å². The molecule has 1 rings (SSSR count). The van der Waals surface area contributed by atoms with Gasteiger partial charge in [-0.15, -0.1) is 0 Å². The highest BCUT2D eigenvalue weighted by Gasteiger charge is 2.16. The predicted octanol–water partition coefficient (Wildman–Crippen LogP) is 2.34. The third kappa shape index (κ3) is 5.86. The van der Waals surface area contributed by atoms with Crippen LogP contribution in [0.2, 0.25) is 0 Å². The highest BCUT2D eigenvalue weighted by molar-refractivity contribution is 7.99. The van der Waals surface area contributed by atoms with Crippen molar-refractivity contribution in [3.05, 3.63) is 12.4 Å². The molecule has 5 nitrogen and oxygen atoms in total. The Bertz CT molecular complexity index is 405. The summed E-state index contributed by atoms with van der Waals surface area (Å²) in [5, 5.41) is 3.85. The fraction of sp³-hybridized carbons (Fsp3) is 0.583. The summed E-state index contributed by atoms with van der Waals surface area (Å²) >= 11 is 1.34. The van der Waals surface area contributed by atoms with Crippen molar-refractivity contribution in [2.24, 2.45) is 0 Å². The van der Waals surface area contributed by atoms with Crippen molar-refractivity contribution in [1.29, 1.82) is 0 Å². The SMILES string of the molecule is CCNc1cc(SCC(=O)OC(C)(C)C)ncn1. The summed E-state index contributed by atoms with van der Waals surface area (Å²) in [6, 6.07) is 1.82. The summed E-state index contributed by atoms with van der Waals surface area (Å²) in [6.07, 6.45) is 1.48. The van der Waals surface area contributed by atoms with Crippen LogP contribution in [0.15, 0.2) is 17.4 Å². The lowest BCUT2D eigenvalue weighted by atomic mass is 10.2. The van der Waals surface area contributed by atoms with E-state index < -0.39 is 5.60 Å². The van der Waals surface area contributed by atoms with Crippen LogP contribution in [0.5, 0.6) is 0 Å². The van der Waals surface area contributed by atoms with Crippen LogP contribution in [0.4, 0.5) is 5.82 Å². The molecule has 1 N–H and O–H groups in total. The maximum absolute atomic E-state index is 11.5. The van der Waals surface area contributed by atoms with Crippen LogP contribution in [0, 0.1) is 0 Å². The van der Waals surface area contributed by atoms with Gasteiger partial charge in [0.2, 0.25) is 0 Å². The number of carbonyl (C=O) groups excluding carboxylic acids is 1. The van der Waals surface area contributed by atoms with Crippen molar-refractivity contribution in [2.75, 3.05) is 17.6 Å². The van der Waals surface area contributed by atoms with E-state index in [4.69, 9.17) is 4.74 Å². The Balaban J connectivity index is 2.48. The van der Waals surface area contributed by atoms with Gasteiger partial charge in [-0.1, -0.05) is 11.8 Å². The van der Waals surface area contributed by atoms with Gasteiger partial charge in [-0.3, -0.25) is 4.79 Å². The van der Waals surface area contributed by atoms with Crippen molar-refractivity contribution in [3.8, 4) is 0 Å². The molecule has 0 atom stereocenters.